The summed E-state index contributed by atoms with van der Waals surface area (Å²) in [6.07, 6.45) is 3.48. The van der Waals surface area contributed by atoms with Gasteiger partial charge < -0.3 is 19.8 Å². The summed E-state index contributed by atoms with van der Waals surface area (Å²) in [6, 6.07) is 17.6. The van der Waals surface area contributed by atoms with Crippen LogP contribution in [0.3, 0.4) is 0 Å². The molecule has 0 aliphatic carbocycles. The third kappa shape index (κ3) is 4.14. The van der Waals surface area contributed by atoms with Crippen molar-refractivity contribution in [2.75, 3.05) is 44.2 Å². The maximum Gasteiger partial charge on any atom is 0.285 e. The largest absolute Gasteiger partial charge is 0.508 e. The maximum absolute atomic E-state index is 13.5. The number of rotatable bonds is 4. The fourth-order valence-corrected chi connectivity index (χ4v) is 4.50. The molecule has 1 atom stereocenters. The monoisotopic (exact) mass is 380 g/mol. The van der Waals surface area contributed by atoms with Gasteiger partial charge in [0.05, 0.1) is 26.2 Å². The highest BCUT2D eigenvalue weighted by molar-refractivity contribution is 5.82. The molecule has 2 aromatic carbocycles. The highest BCUT2D eigenvalue weighted by Crippen LogP contribution is 2.20. The Morgan fingerprint density at radius 2 is 1.50 bits per heavy atom. The number of nitrogens with zero attached hydrogens (tertiary/aromatic N) is 2. The first-order chi connectivity index (χ1) is 13.7. The Morgan fingerprint density at radius 1 is 0.857 bits per heavy atom. The van der Waals surface area contributed by atoms with Crippen LogP contribution in [0.2, 0.25) is 0 Å². The van der Waals surface area contributed by atoms with E-state index in [4.69, 9.17) is 0 Å². The molecule has 0 aromatic heterocycles. The summed E-state index contributed by atoms with van der Waals surface area (Å²) in [5.74, 6) is 0.586. The first-order valence-corrected chi connectivity index (χ1v) is 10.4. The average Bonchev–Trinajstić information content (AvgIpc) is 2.76. The Balaban J connectivity index is 1.49. The molecular formula is C23H30N3O2+. The van der Waals surface area contributed by atoms with Gasteiger partial charge in [-0.25, -0.2) is 0 Å². The second-order valence-electron chi connectivity index (χ2n) is 7.89. The normalized spacial score (nSPS) is 19.4. The number of nitrogens with one attached hydrogen (secondary N) is 1. The molecule has 0 radical (unpaired) electrons. The number of amides is 1. The van der Waals surface area contributed by atoms with Gasteiger partial charge in [0.2, 0.25) is 0 Å². The number of piperazine rings is 1. The molecule has 2 saturated heterocycles. The molecule has 28 heavy (non-hydrogen) atoms. The van der Waals surface area contributed by atoms with Crippen LogP contribution in [0.5, 0.6) is 5.75 Å². The molecule has 5 heteroatoms. The van der Waals surface area contributed by atoms with E-state index < -0.39 is 0 Å². The fourth-order valence-electron chi connectivity index (χ4n) is 4.50. The van der Waals surface area contributed by atoms with E-state index in [-0.39, 0.29) is 6.04 Å². The van der Waals surface area contributed by atoms with Gasteiger partial charge in [-0.05, 0) is 43.5 Å². The SMILES string of the molecule is O=C([C@@H](c1ccccc1)[NH+]1CCN(c2ccc(O)cc2)CC1)N1CCCCC1. The molecule has 5 nitrogen and oxygen atoms in total. The highest BCUT2D eigenvalue weighted by Gasteiger charge is 2.37. The Labute approximate surface area is 167 Å². The van der Waals surface area contributed by atoms with Crippen molar-refractivity contribution in [3.05, 3.63) is 60.2 Å². The van der Waals surface area contributed by atoms with Crippen LogP contribution >= 0.6 is 0 Å². The summed E-state index contributed by atoms with van der Waals surface area (Å²) in [6.45, 7) is 5.48. The van der Waals surface area contributed by atoms with Gasteiger partial charge in [-0.2, -0.15) is 0 Å². The second-order valence-corrected chi connectivity index (χ2v) is 7.89. The zero-order chi connectivity index (χ0) is 19.3. The summed E-state index contributed by atoms with van der Waals surface area (Å²) in [5, 5.41) is 9.52. The van der Waals surface area contributed by atoms with E-state index in [1.54, 1.807) is 12.1 Å². The van der Waals surface area contributed by atoms with Gasteiger partial charge in [0, 0.05) is 24.3 Å². The van der Waals surface area contributed by atoms with Crippen molar-refractivity contribution in [2.24, 2.45) is 0 Å². The first kappa shape index (κ1) is 18.8. The van der Waals surface area contributed by atoms with E-state index in [9.17, 15) is 9.90 Å². The fraction of sp³-hybridized carbons (Fsp3) is 0.435. The highest BCUT2D eigenvalue weighted by atomic mass is 16.3. The molecule has 0 saturated carbocycles. The first-order valence-electron chi connectivity index (χ1n) is 10.4. The molecule has 0 bridgehead atoms. The van der Waals surface area contributed by atoms with E-state index in [0.29, 0.717) is 11.7 Å². The molecule has 1 amide bonds. The number of carbonyl (C=O) groups excluding carboxylic acids is 1. The molecule has 2 heterocycles. The number of hydrogen-bond acceptors (Lipinski definition) is 3. The van der Waals surface area contributed by atoms with Gasteiger partial charge in [0.1, 0.15) is 5.75 Å². The number of phenolic OH excluding ortho intramolecular Hbond substituents is 1. The molecule has 0 unspecified atom stereocenters. The van der Waals surface area contributed by atoms with Gasteiger partial charge in [0.25, 0.3) is 5.91 Å². The molecule has 148 valence electrons. The molecule has 2 aliphatic heterocycles. The average molecular weight is 381 g/mol. The number of phenols is 1. The smallest absolute Gasteiger partial charge is 0.285 e. The number of likely N-dealkylation sites (tertiary alicyclic amines) is 1. The molecule has 4 rings (SSSR count). The summed E-state index contributed by atoms with van der Waals surface area (Å²) >= 11 is 0. The van der Waals surface area contributed by atoms with E-state index in [1.165, 1.54) is 11.3 Å². The topological polar surface area (TPSA) is 48.2 Å². The number of hydrogen-bond donors (Lipinski definition) is 2. The van der Waals surface area contributed by atoms with E-state index >= 15 is 0 Å². The minimum Gasteiger partial charge on any atom is -0.508 e. The molecule has 2 N–H and O–H groups in total. The zero-order valence-corrected chi connectivity index (χ0v) is 16.4. The van der Waals surface area contributed by atoms with Crippen molar-refractivity contribution in [1.29, 1.82) is 0 Å². The van der Waals surface area contributed by atoms with Crippen molar-refractivity contribution in [2.45, 2.75) is 25.3 Å². The van der Waals surface area contributed by atoms with Gasteiger partial charge in [-0.3, -0.25) is 4.79 Å². The molecule has 0 spiro atoms. The van der Waals surface area contributed by atoms with Gasteiger partial charge in [-0.1, -0.05) is 30.3 Å². The van der Waals surface area contributed by atoms with Crippen LogP contribution < -0.4 is 9.80 Å². The Kier molecular flexibility index (Phi) is 5.81. The predicted octanol–water partition coefficient (Wildman–Crippen LogP) is 1.85. The van der Waals surface area contributed by atoms with Crippen molar-refractivity contribution in [3.8, 4) is 5.75 Å². The number of benzene rings is 2. The lowest BCUT2D eigenvalue weighted by Gasteiger charge is -2.39. The number of piperidine rings is 1. The van der Waals surface area contributed by atoms with Crippen molar-refractivity contribution < 1.29 is 14.8 Å². The van der Waals surface area contributed by atoms with Gasteiger partial charge >= 0.3 is 0 Å². The molecule has 2 fully saturated rings. The van der Waals surface area contributed by atoms with Crippen LogP contribution in [0, 0.1) is 0 Å². The maximum atomic E-state index is 13.5. The molecule has 2 aliphatic rings. The summed E-state index contributed by atoms with van der Waals surface area (Å²) in [4.78, 5) is 19.2. The number of aromatic hydroxyl groups is 1. The van der Waals surface area contributed by atoms with Crippen LogP contribution in [-0.4, -0.2) is 55.2 Å². The van der Waals surface area contributed by atoms with E-state index in [0.717, 1.165) is 63.4 Å². The Bertz CT molecular complexity index is 764. The lowest BCUT2D eigenvalue weighted by atomic mass is 10.0. The number of carbonyl (C=O) groups is 1. The Morgan fingerprint density at radius 3 is 2.14 bits per heavy atom. The standard InChI is InChI=1S/C23H29N3O2/c27-21-11-9-20(10-12-21)24-15-17-25(18-16-24)22(19-7-3-1-4-8-19)23(28)26-13-5-2-6-14-26/h1,3-4,7-12,22,27H,2,5-6,13-18H2/p+1/t22-/m1/s1. The summed E-state index contributed by atoms with van der Waals surface area (Å²) < 4.78 is 0. The number of quaternary nitrogens is 1. The van der Waals surface area contributed by atoms with Crippen LogP contribution in [0.15, 0.2) is 54.6 Å². The summed E-state index contributed by atoms with van der Waals surface area (Å²) in [5.41, 5.74) is 2.27. The van der Waals surface area contributed by atoms with Crippen LogP contribution in [0.4, 0.5) is 5.69 Å². The van der Waals surface area contributed by atoms with Crippen LogP contribution in [-0.2, 0) is 4.79 Å². The zero-order valence-electron chi connectivity index (χ0n) is 16.4. The van der Waals surface area contributed by atoms with Crippen molar-refractivity contribution >= 4 is 11.6 Å². The predicted molar refractivity (Wildman–Crippen MR) is 111 cm³/mol. The van der Waals surface area contributed by atoms with E-state index in [1.807, 2.05) is 30.3 Å². The number of anilines is 1. The second kappa shape index (κ2) is 8.65. The summed E-state index contributed by atoms with van der Waals surface area (Å²) in [7, 11) is 0. The molecule has 2 aromatic rings. The van der Waals surface area contributed by atoms with Crippen molar-refractivity contribution in [1.82, 2.24) is 4.90 Å². The third-order valence-electron chi connectivity index (χ3n) is 6.08. The van der Waals surface area contributed by atoms with Crippen LogP contribution in [0.1, 0.15) is 30.9 Å². The quantitative estimate of drug-likeness (QED) is 0.851. The Hall–Kier alpha value is -2.53. The third-order valence-corrected chi connectivity index (χ3v) is 6.08. The lowest BCUT2D eigenvalue weighted by molar-refractivity contribution is -0.923. The van der Waals surface area contributed by atoms with E-state index in [2.05, 4.69) is 21.9 Å². The minimum absolute atomic E-state index is 0.110. The van der Waals surface area contributed by atoms with Crippen LogP contribution in [0.25, 0.3) is 0 Å². The van der Waals surface area contributed by atoms with Gasteiger partial charge in [-0.15, -0.1) is 0 Å². The lowest BCUT2D eigenvalue weighted by Crippen LogP contribution is -3.16. The molecular weight excluding hydrogens is 350 g/mol. The van der Waals surface area contributed by atoms with Gasteiger partial charge in [0.15, 0.2) is 6.04 Å². The van der Waals surface area contributed by atoms with Crippen molar-refractivity contribution in [3.63, 3.8) is 0 Å². The minimum atomic E-state index is -0.110.